The average Bonchev–Trinajstić information content (AvgIpc) is 3.22. The van der Waals surface area contributed by atoms with Gasteiger partial charge in [-0.05, 0) is 72.9 Å². The average molecular weight is 513 g/mol. The number of nitrogens with zero attached hydrogens (tertiary/aromatic N) is 2. The minimum atomic E-state index is -0.269. The molecule has 3 aromatic rings. The number of rotatable bonds is 4. The van der Waals surface area contributed by atoms with E-state index in [1.165, 1.54) is 5.56 Å². The molecule has 4 nitrogen and oxygen atoms in total. The van der Waals surface area contributed by atoms with Gasteiger partial charge in [-0.25, -0.2) is 9.80 Å². The van der Waals surface area contributed by atoms with Crippen molar-refractivity contribution >= 4 is 52.2 Å². The van der Waals surface area contributed by atoms with E-state index in [1.807, 2.05) is 48.5 Å². The van der Waals surface area contributed by atoms with E-state index in [0.717, 1.165) is 42.0 Å². The van der Waals surface area contributed by atoms with Gasteiger partial charge in [0.15, 0.2) is 0 Å². The van der Waals surface area contributed by atoms with Gasteiger partial charge in [0.05, 0.1) is 6.04 Å². The Bertz CT molecular complexity index is 1210. The summed E-state index contributed by atoms with van der Waals surface area (Å²) in [5.41, 5.74) is 3.99. The molecular formula is C27H24Cl3N3O. The third-order valence-corrected chi connectivity index (χ3v) is 7.36. The zero-order valence-corrected chi connectivity index (χ0v) is 20.7. The van der Waals surface area contributed by atoms with Crippen molar-refractivity contribution in [3.63, 3.8) is 0 Å². The molecule has 1 heterocycles. The van der Waals surface area contributed by atoms with Crippen molar-refractivity contribution < 1.29 is 4.79 Å². The number of hydrogen-bond donors (Lipinski definition) is 1. The standard InChI is InChI=1S/C27H24Cl3N3O/c28-20-11-7-17(8-12-20)15-19-3-1-6-24-25(19)32-33(26(24)18-9-13-21(29)14-10-18)27(34)31-23-5-2-4-22(30)16-23/h2,4-5,7-14,16,19,24,26H,1,3,6,15H2,(H,31,34)/t19-,24+,26-/m0/s1. The zero-order chi connectivity index (χ0) is 23.7. The van der Waals surface area contributed by atoms with Crippen LogP contribution in [0.2, 0.25) is 15.1 Å². The summed E-state index contributed by atoms with van der Waals surface area (Å²) >= 11 is 18.4. The molecule has 0 bridgehead atoms. The van der Waals surface area contributed by atoms with Crippen molar-refractivity contribution in [3.8, 4) is 0 Å². The molecule has 1 fully saturated rings. The lowest BCUT2D eigenvalue weighted by atomic mass is 9.73. The molecule has 0 spiro atoms. The fraction of sp³-hybridized carbons (Fsp3) is 0.259. The monoisotopic (exact) mass is 511 g/mol. The summed E-state index contributed by atoms with van der Waals surface area (Å²) in [5, 5.41) is 11.5. The van der Waals surface area contributed by atoms with Gasteiger partial charge in [0.2, 0.25) is 0 Å². The van der Waals surface area contributed by atoms with Crippen LogP contribution in [0.3, 0.4) is 0 Å². The van der Waals surface area contributed by atoms with Gasteiger partial charge in [-0.2, -0.15) is 5.10 Å². The Hall–Kier alpha value is -2.53. The van der Waals surface area contributed by atoms with Crippen molar-refractivity contribution in [2.75, 3.05) is 5.32 Å². The number of hydrogen-bond acceptors (Lipinski definition) is 2. The maximum Gasteiger partial charge on any atom is 0.342 e. The second kappa shape index (κ2) is 9.99. The van der Waals surface area contributed by atoms with E-state index < -0.39 is 0 Å². The Morgan fingerprint density at radius 1 is 0.912 bits per heavy atom. The first kappa shape index (κ1) is 23.2. The molecule has 34 heavy (non-hydrogen) atoms. The van der Waals surface area contributed by atoms with Crippen LogP contribution in [0.4, 0.5) is 10.5 Å². The van der Waals surface area contributed by atoms with E-state index in [9.17, 15) is 4.79 Å². The van der Waals surface area contributed by atoms with Crippen LogP contribution in [0.1, 0.15) is 36.4 Å². The molecular weight excluding hydrogens is 489 g/mol. The highest BCUT2D eigenvalue weighted by Gasteiger charge is 2.45. The minimum Gasteiger partial charge on any atom is -0.306 e. The highest BCUT2D eigenvalue weighted by molar-refractivity contribution is 6.31. The van der Waals surface area contributed by atoms with Gasteiger partial charge in [-0.15, -0.1) is 0 Å². The van der Waals surface area contributed by atoms with Crippen molar-refractivity contribution in [2.45, 2.75) is 31.7 Å². The molecule has 1 aliphatic heterocycles. The largest absolute Gasteiger partial charge is 0.342 e. The van der Waals surface area contributed by atoms with E-state index in [2.05, 4.69) is 17.4 Å². The molecule has 5 rings (SSSR count). The Kier molecular flexibility index (Phi) is 6.82. The normalized spacial score (nSPS) is 21.7. The molecule has 7 heteroatoms. The molecule has 0 aromatic heterocycles. The molecule has 1 aliphatic carbocycles. The van der Waals surface area contributed by atoms with Crippen LogP contribution in [0.15, 0.2) is 77.9 Å². The molecule has 3 aromatic carbocycles. The Balaban J connectivity index is 1.47. The summed E-state index contributed by atoms with van der Waals surface area (Å²) in [5.74, 6) is 0.441. The minimum absolute atomic E-state index is 0.164. The quantitative estimate of drug-likeness (QED) is 0.376. The number of hydrazone groups is 1. The second-order valence-electron chi connectivity index (χ2n) is 8.87. The maximum absolute atomic E-state index is 13.4. The van der Waals surface area contributed by atoms with E-state index in [4.69, 9.17) is 39.9 Å². The van der Waals surface area contributed by atoms with Crippen molar-refractivity contribution in [2.24, 2.45) is 16.9 Å². The summed E-state index contributed by atoms with van der Waals surface area (Å²) in [4.78, 5) is 13.4. The summed E-state index contributed by atoms with van der Waals surface area (Å²) in [6, 6.07) is 22.4. The third kappa shape index (κ3) is 4.95. The first-order valence-electron chi connectivity index (χ1n) is 11.4. The van der Waals surface area contributed by atoms with Gasteiger partial charge < -0.3 is 5.32 Å². The number of anilines is 1. The van der Waals surface area contributed by atoms with Gasteiger partial charge in [-0.1, -0.05) is 71.6 Å². The molecule has 2 aliphatic rings. The van der Waals surface area contributed by atoms with Crippen LogP contribution in [0.5, 0.6) is 0 Å². The fourth-order valence-electron chi connectivity index (χ4n) is 5.08. The van der Waals surface area contributed by atoms with Crippen LogP contribution in [0.25, 0.3) is 0 Å². The Labute approximate surface area is 214 Å². The summed E-state index contributed by atoms with van der Waals surface area (Å²) in [6.45, 7) is 0. The predicted octanol–water partition coefficient (Wildman–Crippen LogP) is 8.25. The van der Waals surface area contributed by atoms with Crippen LogP contribution >= 0.6 is 34.8 Å². The van der Waals surface area contributed by atoms with Crippen molar-refractivity contribution in [3.05, 3.63) is 99.0 Å². The lowest BCUT2D eigenvalue weighted by Gasteiger charge is -2.32. The van der Waals surface area contributed by atoms with Crippen molar-refractivity contribution in [1.29, 1.82) is 0 Å². The van der Waals surface area contributed by atoms with Crippen LogP contribution in [0, 0.1) is 11.8 Å². The molecule has 2 amide bonds. The summed E-state index contributed by atoms with van der Waals surface area (Å²) in [7, 11) is 0. The highest BCUT2D eigenvalue weighted by Crippen LogP contribution is 2.45. The number of nitrogens with one attached hydrogen (secondary N) is 1. The van der Waals surface area contributed by atoms with Gasteiger partial charge >= 0.3 is 6.03 Å². The maximum atomic E-state index is 13.4. The zero-order valence-electron chi connectivity index (χ0n) is 18.4. The first-order valence-corrected chi connectivity index (χ1v) is 12.6. The molecule has 0 unspecified atom stereocenters. The van der Waals surface area contributed by atoms with Gasteiger partial charge in [0, 0.05) is 38.3 Å². The van der Waals surface area contributed by atoms with Gasteiger partial charge in [-0.3, -0.25) is 0 Å². The topological polar surface area (TPSA) is 44.7 Å². The first-order chi connectivity index (χ1) is 16.5. The Morgan fingerprint density at radius 2 is 1.62 bits per heavy atom. The van der Waals surface area contributed by atoms with E-state index >= 15 is 0 Å². The lowest BCUT2D eigenvalue weighted by Crippen LogP contribution is -2.35. The molecule has 1 N–H and O–H groups in total. The highest BCUT2D eigenvalue weighted by atomic mass is 35.5. The molecule has 3 atom stereocenters. The van der Waals surface area contributed by atoms with Crippen LogP contribution in [-0.4, -0.2) is 16.8 Å². The number of carbonyl (C=O) groups excluding carboxylic acids is 1. The Morgan fingerprint density at radius 3 is 2.32 bits per heavy atom. The second-order valence-corrected chi connectivity index (χ2v) is 10.2. The smallest absolute Gasteiger partial charge is 0.306 e. The van der Waals surface area contributed by atoms with Gasteiger partial charge in [0.1, 0.15) is 0 Å². The number of carbonyl (C=O) groups is 1. The van der Waals surface area contributed by atoms with E-state index in [0.29, 0.717) is 15.7 Å². The molecule has 174 valence electrons. The van der Waals surface area contributed by atoms with Crippen LogP contribution in [-0.2, 0) is 6.42 Å². The molecule has 0 radical (unpaired) electrons. The molecule has 1 saturated carbocycles. The van der Waals surface area contributed by atoms with Gasteiger partial charge in [0.25, 0.3) is 0 Å². The lowest BCUT2D eigenvalue weighted by molar-refractivity contribution is 0.187. The molecule has 0 saturated heterocycles. The van der Waals surface area contributed by atoms with E-state index in [-0.39, 0.29) is 23.9 Å². The fourth-order valence-corrected chi connectivity index (χ4v) is 5.52. The SMILES string of the molecule is O=C(Nc1cccc(Cl)c1)N1N=C2[C@H](Cc3ccc(Cl)cc3)CCC[C@H]2[C@@H]1c1ccc(Cl)cc1. The van der Waals surface area contributed by atoms with Crippen LogP contribution < -0.4 is 5.32 Å². The summed E-state index contributed by atoms with van der Waals surface area (Å²) < 4.78 is 0. The number of halogens is 3. The summed E-state index contributed by atoms with van der Waals surface area (Å²) in [6.07, 6.45) is 4.01. The number of amides is 2. The van der Waals surface area contributed by atoms with Crippen molar-refractivity contribution in [1.82, 2.24) is 5.01 Å². The predicted molar refractivity (Wildman–Crippen MR) is 140 cm³/mol. The number of urea groups is 1. The number of fused-ring (bicyclic) bond motifs is 1. The number of benzene rings is 3. The third-order valence-electron chi connectivity index (χ3n) is 6.62. The van der Waals surface area contributed by atoms with E-state index in [1.54, 1.807) is 17.1 Å².